The van der Waals surface area contributed by atoms with Gasteiger partial charge in [-0.1, -0.05) is 49.6 Å². The van der Waals surface area contributed by atoms with E-state index in [-0.39, 0.29) is 29.5 Å². The Labute approximate surface area is 244 Å². The Morgan fingerprint density at radius 1 is 1.19 bits per heavy atom. The molecule has 0 spiro atoms. The first-order chi connectivity index (χ1) is 20.1. The number of nitro groups is 1. The molecule has 0 saturated carbocycles. The van der Waals surface area contributed by atoms with Crippen molar-refractivity contribution in [1.82, 2.24) is 0 Å². The standard InChI is InChI=1S/C31H34BFN2O7/c1-3-6-20-15-23-29(31(38)34(30(23)37)21-7-5-8-22(16-21)35(40)41)24-17-32(39)42-27(28(20)24)12-10-18(4-2)13-19-9-11-26(36)25(33)14-19/h5,7-9,11,13-14,16,23-24,27,29,36,39H,3-4,6,10,12,15,17H2,1-2H3/b18-13+/t23-,24+,27-,29-/m1/s1. The molecule has 2 heterocycles. The Morgan fingerprint density at radius 2 is 1.98 bits per heavy atom. The highest BCUT2D eigenvalue weighted by molar-refractivity contribution is 6.43. The first-order valence-electron chi connectivity index (χ1n) is 14.5. The lowest BCUT2D eigenvalue weighted by atomic mass is 9.58. The number of anilines is 1. The smallest absolute Gasteiger partial charge is 0.455 e. The Kier molecular flexibility index (Phi) is 8.61. The van der Waals surface area contributed by atoms with Gasteiger partial charge in [0, 0.05) is 12.1 Å². The lowest BCUT2D eigenvalue weighted by molar-refractivity contribution is -0.384. The minimum absolute atomic E-state index is 0.180. The lowest BCUT2D eigenvalue weighted by Crippen LogP contribution is -2.46. The molecule has 5 rings (SSSR count). The molecule has 2 saturated heterocycles. The van der Waals surface area contributed by atoms with Gasteiger partial charge in [0.2, 0.25) is 11.8 Å². The molecular formula is C31H34BFN2O7. The zero-order chi connectivity index (χ0) is 30.1. The number of non-ortho nitro benzene ring substituents is 1. The highest BCUT2D eigenvalue weighted by atomic mass is 19.1. The number of phenols is 1. The summed E-state index contributed by atoms with van der Waals surface area (Å²) < 4.78 is 20.0. The van der Waals surface area contributed by atoms with E-state index in [9.17, 15) is 34.2 Å². The monoisotopic (exact) mass is 576 g/mol. The maximum Gasteiger partial charge on any atom is 0.455 e. The number of carbonyl (C=O) groups is 2. The van der Waals surface area contributed by atoms with Crippen LogP contribution in [-0.4, -0.2) is 40.1 Å². The molecule has 0 aromatic heterocycles. The predicted octanol–water partition coefficient (Wildman–Crippen LogP) is 5.81. The number of nitrogens with zero attached hydrogens (tertiary/aromatic N) is 2. The van der Waals surface area contributed by atoms with Crippen LogP contribution in [-0.2, 0) is 14.2 Å². The molecule has 2 fully saturated rings. The number of imide groups is 1. The van der Waals surface area contributed by atoms with Crippen LogP contribution < -0.4 is 4.90 Å². The number of halogens is 1. The van der Waals surface area contributed by atoms with Gasteiger partial charge in [-0.05, 0) is 73.7 Å². The summed E-state index contributed by atoms with van der Waals surface area (Å²) in [5.74, 6) is -3.55. The molecule has 0 unspecified atom stereocenters. The molecule has 1 aliphatic carbocycles. The van der Waals surface area contributed by atoms with Gasteiger partial charge < -0.3 is 14.8 Å². The summed E-state index contributed by atoms with van der Waals surface area (Å²) in [4.78, 5) is 39.4. The summed E-state index contributed by atoms with van der Waals surface area (Å²) in [5.41, 5.74) is 3.70. The Bertz CT molecular complexity index is 1470. The van der Waals surface area contributed by atoms with E-state index in [0.29, 0.717) is 31.2 Å². The molecule has 11 heteroatoms. The summed E-state index contributed by atoms with van der Waals surface area (Å²) in [7, 11) is -1.11. The summed E-state index contributed by atoms with van der Waals surface area (Å²) in [5, 5.41) is 31.7. The summed E-state index contributed by atoms with van der Waals surface area (Å²) >= 11 is 0. The third-order valence-corrected chi connectivity index (χ3v) is 8.68. The molecular weight excluding hydrogens is 542 g/mol. The molecule has 3 aliphatic rings. The fraction of sp³-hybridized carbons (Fsp3) is 0.419. The third-order valence-electron chi connectivity index (χ3n) is 8.68. The van der Waals surface area contributed by atoms with E-state index in [1.54, 1.807) is 6.07 Å². The Morgan fingerprint density at radius 3 is 2.67 bits per heavy atom. The maximum atomic E-state index is 13.9. The second-order valence-electron chi connectivity index (χ2n) is 11.3. The normalized spacial score (nSPS) is 24.2. The van der Waals surface area contributed by atoms with Crippen LogP contribution in [0, 0.1) is 33.7 Å². The molecule has 2 N–H and O–H groups in total. The van der Waals surface area contributed by atoms with E-state index in [0.717, 1.165) is 34.5 Å². The van der Waals surface area contributed by atoms with Gasteiger partial charge in [0.15, 0.2) is 11.6 Å². The number of hydrogen-bond donors (Lipinski definition) is 2. The first-order valence-corrected chi connectivity index (χ1v) is 14.5. The van der Waals surface area contributed by atoms with Crippen molar-refractivity contribution < 1.29 is 33.7 Å². The van der Waals surface area contributed by atoms with E-state index in [1.165, 1.54) is 36.4 Å². The van der Waals surface area contributed by atoms with E-state index in [1.807, 2.05) is 19.9 Å². The van der Waals surface area contributed by atoms with Gasteiger partial charge in [0.25, 0.3) is 5.69 Å². The molecule has 2 aliphatic heterocycles. The highest BCUT2D eigenvalue weighted by Crippen LogP contribution is 2.52. The minimum Gasteiger partial charge on any atom is -0.505 e. The van der Waals surface area contributed by atoms with Crippen molar-refractivity contribution in [3.8, 4) is 5.75 Å². The van der Waals surface area contributed by atoms with Crippen LogP contribution in [0.15, 0.2) is 59.2 Å². The van der Waals surface area contributed by atoms with Gasteiger partial charge in [-0.3, -0.25) is 19.7 Å². The molecule has 220 valence electrons. The third kappa shape index (κ3) is 5.63. The topological polar surface area (TPSA) is 130 Å². The molecule has 2 aromatic rings. The maximum absolute atomic E-state index is 13.9. The Balaban J connectivity index is 1.44. The van der Waals surface area contributed by atoms with Gasteiger partial charge in [-0.25, -0.2) is 9.29 Å². The number of carbonyl (C=O) groups excluding carboxylic acids is 2. The van der Waals surface area contributed by atoms with Crippen LogP contribution in [0.4, 0.5) is 15.8 Å². The predicted molar refractivity (Wildman–Crippen MR) is 156 cm³/mol. The second kappa shape index (κ2) is 12.2. The average molecular weight is 576 g/mol. The van der Waals surface area contributed by atoms with Crippen molar-refractivity contribution in [2.45, 2.75) is 64.8 Å². The number of amides is 2. The van der Waals surface area contributed by atoms with E-state index in [2.05, 4.69) is 0 Å². The Hall–Kier alpha value is -3.83. The van der Waals surface area contributed by atoms with Crippen LogP contribution >= 0.6 is 0 Å². The van der Waals surface area contributed by atoms with Crippen molar-refractivity contribution in [2.24, 2.45) is 17.8 Å². The van der Waals surface area contributed by atoms with Gasteiger partial charge in [-0.2, -0.15) is 0 Å². The number of aromatic hydroxyl groups is 1. The van der Waals surface area contributed by atoms with E-state index in [4.69, 9.17) is 4.65 Å². The number of benzene rings is 2. The molecule has 9 nitrogen and oxygen atoms in total. The highest BCUT2D eigenvalue weighted by Gasteiger charge is 2.57. The molecule has 0 radical (unpaired) electrons. The zero-order valence-electron chi connectivity index (χ0n) is 23.7. The van der Waals surface area contributed by atoms with Crippen molar-refractivity contribution in [3.63, 3.8) is 0 Å². The quantitative estimate of drug-likeness (QED) is 0.127. The van der Waals surface area contributed by atoms with Crippen molar-refractivity contribution in [2.75, 3.05) is 4.90 Å². The first kappa shape index (κ1) is 29.7. The number of phenolic OH excluding ortho intramolecular Hbond substituents is 1. The van der Waals surface area contributed by atoms with Crippen LogP contribution in [0.3, 0.4) is 0 Å². The van der Waals surface area contributed by atoms with Crippen molar-refractivity contribution >= 4 is 36.4 Å². The zero-order valence-corrected chi connectivity index (χ0v) is 23.7. The molecule has 42 heavy (non-hydrogen) atoms. The number of rotatable bonds is 9. The number of hydrogen-bond acceptors (Lipinski definition) is 7. The number of allylic oxidation sites excluding steroid dienone is 2. The second-order valence-corrected chi connectivity index (χ2v) is 11.3. The molecule has 2 aromatic carbocycles. The molecule has 0 bridgehead atoms. The summed E-state index contributed by atoms with van der Waals surface area (Å²) in [6.45, 7) is 4.05. The van der Waals surface area contributed by atoms with E-state index >= 15 is 0 Å². The van der Waals surface area contributed by atoms with Gasteiger partial charge in [-0.15, -0.1) is 0 Å². The van der Waals surface area contributed by atoms with Crippen LogP contribution in [0.25, 0.3) is 6.08 Å². The summed E-state index contributed by atoms with van der Waals surface area (Å²) in [6.07, 6.45) is 5.42. The van der Waals surface area contributed by atoms with Crippen molar-refractivity contribution in [3.05, 3.63) is 80.7 Å². The van der Waals surface area contributed by atoms with Gasteiger partial charge in [0.05, 0.1) is 28.6 Å². The number of fused-ring (bicyclic) bond motifs is 3. The van der Waals surface area contributed by atoms with Crippen molar-refractivity contribution in [1.29, 1.82) is 0 Å². The SMILES string of the molecule is CCCC1=C2[C@@H](CC/C(=C/c3ccc(O)c(F)c3)CC)OB(O)C[C@@H]2[C@@H]2C(=O)N(c3cccc([N+](=O)[O-])c3)C(=O)[C@@H]2C1. The minimum atomic E-state index is -1.11. The lowest BCUT2D eigenvalue weighted by Gasteiger charge is -2.43. The van der Waals surface area contributed by atoms with Crippen LogP contribution in [0.1, 0.15) is 57.9 Å². The summed E-state index contributed by atoms with van der Waals surface area (Å²) in [6, 6.07) is 9.79. The number of nitro benzene ring substituents is 1. The molecule has 4 atom stereocenters. The van der Waals surface area contributed by atoms with Gasteiger partial charge >= 0.3 is 7.12 Å². The van der Waals surface area contributed by atoms with Crippen LogP contribution in [0.5, 0.6) is 5.75 Å². The average Bonchev–Trinajstić information content (AvgIpc) is 3.21. The fourth-order valence-electron chi connectivity index (χ4n) is 6.82. The fourth-order valence-corrected chi connectivity index (χ4v) is 6.82. The van der Waals surface area contributed by atoms with Gasteiger partial charge in [0.1, 0.15) is 0 Å². The molecule has 2 amide bonds. The van der Waals surface area contributed by atoms with E-state index < -0.39 is 47.5 Å². The van der Waals surface area contributed by atoms with Crippen LogP contribution in [0.2, 0.25) is 6.32 Å². The largest absolute Gasteiger partial charge is 0.505 e.